The van der Waals surface area contributed by atoms with Crippen molar-refractivity contribution < 1.29 is 0 Å². The van der Waals surface area contributed by atoms with E-state index in [1.807, 2.05) is 0 Å². The summed E-state index contributed by atoms with van der Waals surface area (Å²) < 4.78 is 0. The van der Waals surface area contributed by atoms with Crippen LogP contribution in [0.15, 0.2) is 0 Å². The Morgan fingerprint density at radius 3 is 0.543 bits per heavy atom. The molecule has 0 saturated carbocycles. The average molecular weight is 519 g/mol. The number of nitrogens with two attached hydrogens (primary N) is 2. The maximum absolute atomic E-state index is 5.47. The van der Waals surface area contributed by atoms with E-state index in [1.165, 1.54) is 180 Å². The second kappa shape index (κ2) is 41.3. The molecule has 0 bridgehead atoms. The number of hydrogen-bond donors (Lipinski definition) is 2. The zero-order valence-electron chi connectivity index (χ0n) is 24.8. The third kappa shape index (κ3) is 44.6. The number of hydrogen-bond acceptors (Lipinski definition) is 2. The Hall–Kier alpha value is 0.210. The molecule has 0 rings (SSSR count). The average Bonchev–Trinajstić information content (AvgIpc) is 2.85. The molecule has 0 aliphatic carbocycles. The van der Waals surface area contributed by atoms with Gasteiger partial charge in [0.25, 0.3) is 0 Å². The summed E-state index contributed by atoms with van der Waals surface area (Å²) in [6.45, 7) is 6.32. The first-order valence-corrected chi connectivity index (χ1v) is 16.2. The minimum Gasteiger partial charge on any atom is -0.330 e. The fourth-order valence-corrected chi connectivity index (χ4v) is 4.68. The third-order valence-electron chi connectivity index (χ3n) is 7.12. The molecule has 0 spiro atoms. The maximum atomic E-state index is 5.47. The van der Waals surface area contributed by atoms with Crippen molar-refractivity contribution in [1.82, 2.24) is 0 Å². The highest BCUT2D eigenvalue weighted by Gasteiger charge is 1.94. The molecule has 0 amide bonds. The standard InChI is InChI=1S/2C16H35N.ClH/c2*1-2-3-4-5-6-7-8-9-10-11-12-13-14-15-16-17;/h2*2-17H2,1H3;1H. The number of rotatable bonds is 28. The summed E-state index contributed by atoms with van der Waals surface area (Å²) in [7, 11) is 0. The van der Waals surface area contributed by atoms with Gasteiger partial charge < -0.3 is 11.5 Å². The Morgan fingerprint density at radius 1 is 0.257 bits per heavy atom. The van der Waals surface area contributed by atoms with E-state index < -0.39 is 0 Å². The quantitative estimate of drug-likeness (QED) is 0.101. The van der Waals surface area contributed by atoms with Crippen molar-refractivity contribution in [3.05, 3.63) is 0 Å². The monoisotopic (exact) mass is 519 g/mol. The molecule has 0 fully saturated rings. The SMILES string of the molecule is CCCCCCCCCCCCCCCCN.CCCCCCCCCCCCCCCCN.Cl. The van der Waals surface area contributed by atoms with E-state index in [4.69, 9.17) is 11.5 Å². The molecule has 0 unspecified atom stereocenters. The Balaban J connectivity index is -0.000000569. The van der Waals surface area contributed by atoms with Crippen LogP contribution < -0.4 is 11.5 Å². The highest BCUT2D eigenvalue weighted by molar-refractivity contribution is 5.85. The molecular formula is C32H71ClN2. The molecule has 0 saturated heterocycles. The van der Waals surface area contributed by atoms with Crippen molar-refractivity contribution in [3.63, 3.8) is 0 Å². The van der Waals surface area contributed by atoms with Crippen LogP contribution in [0.5, 0.6) is 0 Å². The Labute approximate surface area is 230 Å². The largest absolute Gasteiger partial charge is 0.330 e. The van der Waals surface area contributed by atoms with E-state index in [2.05, 4.69) is 13.8 Å². The molecule has 4 N–H and O–H groups in total. The molecule has 0 aromatic heterocycles. The summed E-state index contributed by atoms with van der Waals surface area (Å²) in [4.78, 5) is 0. The first kappa shape index (κ1) is 39.7. The lowest BCUT2D eigenvalue weighted by atomic mass is 10.0. The molecule has 2 nitrogen and oxygen atoms in total. The summed E-state index contributed by atoms with van der Waals surface area (Å²) in [6.07, 6.45) is 39.7. The van der Waals surface area contributed by atoms with Crippen LogP contribution in [0.2, 0.25) is 0 Å². The maximum Gasteiger partial charge on any atom is -0.00773 e. The van der Waals surface area contributed by atoms with Gasteiger partial charge in [-0.05, 0) is 25.9 Å². The van der Waals surface area contributed by atoms with Crippen molar-refractivity contribution in [3.8, 4) is 0 Å². The molecule has 0 aromatic rings. The van der Waals surface area contributed by atoms with Gasteiger partial charge in [-0.2, -0.15) is 0 Å². The summed E-state index contributed by atoms with van der Waals surface area (Å²) >= 11 is 0. The van der Waals surface area contributed by atoms with Gasteiger partial charge in [-0.1, -0.05) is 181 Å². The van der Waals surface area contributed by atoms with E-state index in [9.17, 15) is 0 Å². The van der Waals surface area contributed by atoms with Gasteiger partial charge in [0.15, 0.2) is 0 Å². The molecule has 0 aliphatic rings. The Bertz CT molecular complexity index is 254. The topological polar surface area (TPSA) is 52.0 Å². The first-order chi connectivity index (χ1) is 16.8. The van der Waals surface area contributed by atoms with Gasteiger partial charge in [0.1, 0.15) is 0 Å². The van der Waals surface area contributed by atoms with Gasteiger partial charge in [-0.25, -0.2) is 0 Å². The summed E-state index contributed by atoms with van der Waals surface area (Å²) in [6, 6.07) is 0. The van der Waals surface area contributed by atoms with E-state index in [1.54, 1.807) is 0 Å². The minimum absolute atomic E-state index is 0. The van der Waals surface area contributed by atoms with Crippen molar-refractivity contribution in [2.45, 2.75) is 194 Å². The predicted molar refractivity (Wildman–Crippen MR) is 166 cm³/mol. The molecule has 0 heterocycles. The van der Waals surface area contributed by atoms with Gasteiger partial charge in [-0.3, -0.25) is 0 Å². The highest BCUT2D eigenvalue weighted by Crippen LogP contribution is 2.14. The Kier molecular flexibility index (Phi) is 46.9. The fourth-order valence-electron chi connectivity index (χ4n) is 4.68. The molecule has 0 atom stereocenters. The van der Waals surface area contributed by atoms with Gasteiger partial charge in [0.05, 0.1) is 0 Å². The first-order valence-electron chi connectivity index (χ1n) is 16.2. The van der Waals surface area contributed by atoms with Gasteiger partial charge in [-0.15, -0.1) is 12.4 Å². The summed E-state index contributed by atoms with van der Waals surface area (Å²) in [5.74, 6) is 0. The molecular weight excluding hydrogens is 448 g/mol. The van der Waals surface area contributed by atoms with Crippen molar-refractivity contribution in [2.75, 3.05) is 13.1 Å². The predicted octanol–water partition coefficient (Wildman–Crippen LogP) is 11.3. The zero-order chi connectivity index (χ0) is 25.2. The van der Waals surface area contributed by atoms with Crippen LogP contribution in [0.1, 0.15) is 194 Å². The van der Waals surface area contributed by atoms with E-state index in [0.717, 1.165) is 13.1 Å². The van der Waals surface area contributed by atoms with Crippen LogP contribution in [0.4, 0.5) is 0 Å². The molecule has 0 aromatic carbocycles. The van der Waals surface area contributed by atoms with Gasteiger partial charge >= 0.3 is 0 Å². The van der Waals surface area contributed by atoms with Crippen LogP contribution in [0.25, 0.3) is 0 Å². The van der Waals surface area contributed by atoms with Crippen LogP contribution in [-0.4, -0.2) is 13.1 Å². The second-order valence-corrected chi connectivity index (χ2v) is 10.8. The van der Waals surface area contributed by atoms with Crippen LogP contribution >= 0.6 is 12.4 Å². The summed E-state index contributed by atoms with van der Waals surface area (Å²) in [5, 5.41) is 0. The fraction of sp³-hybridized carbons (Fsp3) is 1.00. The van der Waals surface area contributed by atoms with Crippen LogP contribution in [0.3, 0.4) is 0 Å². The van der Waals surface area contributed by atoms with Crippen molar-refractivity contribution in [1.29, 1.82) is 0 Å². The normalized spacial score (nSPS) is 10.6. The van der Waals surface area contributed by atoms with E-state index in [-0.39, 0.29) is 12.4 Å². The van der Waals surface area contributed by atoms with Crippen LogP contribution in [0, 0.1) is 0 Å². The molecule has 216 valence electrons. The lowest BCUT2D eigenvalue weighted by Gasteiger charge is -2.02. The van der Waals surface area contributed by atoms with Crippen molar-refractivity contribution >= 4 is 12.4 Å². The lowest BCUT2D eigenvalue weighted by Crippen LogP contribution is -1.97. The zero-order valence-corrected chi connectivity index (χ0v) is 25.6. The van der Waals surface area contributed by atoms with E-state index >= 15 is 0 Å². The molecule has 3 heteroatoms. The van der Waals surface area contributed by atoms with Crippen LogP contribution in [-0.2, 0) is 0 Å². The highest BCUT2D eigenvalue weighted by atomic mass is 35.5. The number of unbranched alkanes of at least 4 members (excludes halogenated alkanes) is 26. The minimum atomic E-state index is 0. The smallest absolute Gasteiger partial charge is 0.00773 e. The lowest BCUT2D eigenvalue weighted by molar-refractivity contribution is 0.536. The van der Waals surface area contributed by atoms with Gasteiger partial charge in [0, 0.05) is 0 Å². The molecule has 35 heavy (non-hydrogen) atoms. The molecule has 0 aliphatic heterocycles. The van der Waals surface area contributed by atoms with Gasteiger partial charge in [0.2, 0.25) is 0 Å². The Morgan fingerprint density at radius 2 is 0.400 bits per heavy atom. The molecule has 0 radical (unpaired) electrons. The summed E-state index contributed by atoms with van der Waals surface area (Å²) in [5.41, 5.74) is 10.9. The van der Waals surface area contributed by atoms with Crippen molar-refractivity contribution in [2.24, 2.45) is 11.5 Å². The van der Waals surface area contributed by atoms with E-state index in [0.29, 0.717) is 0 Å². The second-order valence-electron chi connectivity index (χ2n) is 10.8. The number of halogens is 1. The third-order valence-corrected chi connectivity index (χ3v) is 7.12.